The minimum absolute atomic E-state index is 0.0103. The van der Waals surface area contributed by atoms with Crippen LogP contribution in [0, 0.1) is 18.6 Å². The van der Waals surface area contributed by atoms with Crippen molar-refractivity contribution in [2.45, 2.75) is 33.2 Å². The summed E-state index contributed by atoms with van der Waals surface area (Å²) in [6.45, 7) is 3.99. The van der Waals surface area contributed by atoms with E-state index in [2.05, 4.69) is 4.98 Å². The van der Waals surface area contributed by atoms with E-state index in [1.54, 1.807) is 6.92 Å². The number of nitrogens with zero attached hydrogens (tertiary/aromatic N) is 2. The van der Waals surface area contributed by atoms with Crippen LogP contribution in [0.25, 0.3) is 10.2 Å². The first-order valence-corrected chi connectivity index (χ1v) is 10.3. The average Bonchev–Trinajstić information content (AvgIpc) is 3.24. The lowest BCUT2D eigenvalue weighted by Crippen LogP contribution is -2.30. The fourth-order valence-corrected chi connectivity index (χ4v) is 4.49. The van der Waals surface area contributed by atoms with Crippen LogP contribution < -0.4 is 4.90 Å². The zero-order chi connectivity index (χ0) is 20.3. The lowest BCUT2D eigenvalue weighted by atomic mass is 10.2. The highest BCUT2D eigenvalue weighted by Crippen LogP contribution is 2.31. The van der Waals surface area contributed by atoms with Gasteiger partial charge in [-0.3, -0.25) is 14.5 Å². The number of hydrogen-bond donors (Lipinski definition) is 0. The van der Waals surface area contributed by atoms with E-state index in [1.807, 2.05) is 18.4 Å². The Morgan fingerprint density at radius 1 is 1.21 bits per heavy atom. The Labute approximate surface area is 168 Å². The molecule has 0 saturated heterocycles. The van der Waals surface area contributed by atoms with Gasteiger partial charge in [0.15, 0.2) is 0 Å². The SMILES string of the molecule is CCOC(=O)CCC(=O)N(Cc1nc2cc(F)cc(F)c2s1)c1cc(C)cs1. The van der Waals surface area contributed by atoms with E-state index in [9.17, 15) is 18.4 Å². The molecular formula is C19H18F2N2O3S2. The normalized spacial score (nSPS) is 11.0. The molecule has 0 fully saturated rings. The van der Waals surface area contributed by atoms with Crippen LogP contribution in [0.4, 0.5) is 13.8 Å². The number of carbonyl (C=O) groups excluding carboxylic acids is 2. The van der Waals surface area contributed by atoms with E-state index >= 15 is 0 Å². The van der Waals surface area contributed by atoms with Gasteiger partial charge in [-0.1, -0.05) is 0 Å². The second-order valence-electron chi connectivity index (χ2n) is 6.09. The Balaban J connectivity index is 1.84. The van der Waals surface area contributed by atoms with Crippen LogP contribution >= 0.6 is 22.7 Å². The maximum absolute atomic E-state index is 14.0. The molecule has 0 radical (unpaired) electrons. The number of ether oxygens (including phenoxy) is 1. The van der Waals surface area contributed by atoms with Crippen molar-refractivity contribution in [2.75, 3.05) is 11.5 Å². The van der Waals surface area contributed by atoms with E-state index in [0.29, 0.717) is 10.0 Å². The number of rotatable bonds is 7. The Kier molecular flexibility index (Phi) is 6.35. The Hall–Kier alpha value is -2.39. The molecule has 0 bridgehead atoms. The Bertz CT molecular complexity index is 1020. The second-order valence-corrected chi connectivity index (χ2v) is 8.06. The predicted octanol–water partition coefficient (Wildman–Crippen LogP) is 4.82. The van der Waals surface area contributed by atoms with Crippen molar-refractivity contribution in [1.82, 2.24) is 4.98 Å². The Morgan fingerprint density at radius 3 is 2.68 bits per heavy atom. The first kappa shape index (κ1) is 20.3. The number of amides is 1. The van der Waals surface area contributed by atoms with Crippen molar-refractivity contribution < 1.29 is 23.1 Å². The van der Waals surface area contributed by atoms with Gasteiger partial charge in [0.2, 0.25) is 5.91 Å². The number of thiophene rings is 1. The fraction of sp³-hybridized carbons (Fsp3) is 0.316. The van der Waals surface area contributed by atoms with Crippen LogP contribution in [0.5, 0.6) is 0 Å². The van der Waals surface area contributed by atoms with E-state index in [1.165, 1.54) is 22.3 Å². The second kappa shape index (κ2) is 8.74. The standard InChI is InChI=1S/C19H18F2N2O3S2/c1-3-26-18(25)5-4-16(24)23(17-6-11(2)10-27-17)9-15-22-14-8-12(20)7-13(21)19(14)28-15/h6-8,10H,3-5,9H2,1-2H3. The number of fused-ring (bicyclic) bond motifs is 1. The molecule has 1 aromatic carbocycles. The van der Waals surface area contributed by atoms with E-state index in [-0.39, 0.29) is 42.1 Å². The molecule has 0 spiro atoms. The third-order valence-electron chi connectivity index (χ3n) is 3.88. The molecule has 0 unspecified atom stereocenters. The Morgan fingerprint density at radius 2 is 2.00 bits per heavy atom. The topological polar surface area (TPSA) is 59.5 Å². The molecule has 0 aliphatic heterocycles. The fourth-order valence-electron chi connectivity index (χ4n) is 2.63. The zero-order valence-corrected chi connectivity index (χ0v) is 17.0. The van der Waals surface area contributed by atoms with Gasteiger partial charge in [0.05, 0.1) is 34.8 Å². The number of aromatic nitrogens is 1. The number of esters is 1. The molecule has 28 heavy (non-hydrogen) atoms. The summed E-state index contributed by atoms with van der Waals surface area (Å²) in [7, 11) is 0. The van der Waals surface area contributed by atoms with Gasteiger partial charge >= 0.3 is 5.97 Å². The van der Waals surface area contributed by atoms with Crippen molar-refractivity contribution in [3.63, 3.8) is 0 Å². The van der Waals surface area contributed by atoms with Crippen LogP contribution in [0.2, 0.25) is 0 Å². The van der Waals surface area contributed by atoms with Crippen LogP contribution in [0.15, 0.2) is 23.6 Å². The van der Waals surface area contributed by atoms with Crippen molar-refractivity contribution in [2.24, 2.45) is 0 Å². The molecule has 3 rings (SSSR count). The third-order valence-corrected chi connectivity index (χ3v) is 6.01. The van der Waals surface area contributed by atoms with Gasteiger partial charge in [-0.25, -0.2) is 13.8 Å². The lowest BCUT2D eigenvalue weighted by Gasteiger charge is -2.19. The molecule has 3 aromatic rings. The van der Waals surface area contributed by atoms with Crippen molar-refractivity contribution in [3.05, 3.63) is 45.8 Å². The number of anilines is 1. The van der Waals surface area contributed by atoms with E-state index in [4.69, 9.17) is 4.74 Å². The molecular weight excluding hydrogens is 406 g/mol. The number of benzene rings is 1. The van der Waals surface area contributed by atoms with Crippen LogP contribution in [-0.2, 0) is 20.9 Å². The van der Waals surface area contributed by atoms with E-state index in [0.717, 1.165) is 23.0 Å². The summed E-state index contributed by atoms with van der Waals surface area (Å²) in [5, 5.41) is 3.10. The lowest BCUT2D eigenvalue weighted by molar-refractivity contribution is -0.144. The predicted molar refractivity (Wildman–Crippen MR) is 106 cm³/mol. The quantitative estimate of drug-likeness (QED) is 0.510. The van der Waals surface area contributed by atoms with Crippen molar-refractivity contribution in [3.8, 4) is 0 Å². The molecule has 9 heteroatoms. The molecule has 0 aliphatic rings. The molecule has 1 amide bonds. The summed E-state index contributed by atoms with van der Waals surface area (Å²) < 4.78 is 32.5. The van der Waals surface area contributed by atoms with Gasteiger partial charge in [0.1, 0.15) is 16.6 Å². The minimum atomic E-state index is -0.696. The van der Waals surface area contributed by atoms with Gasteiger partial charge in [-0.15, -0.1) is 22.7 Å². The summed E-state index contributed by atoms with van der Waals surface area (Å²) in [5.41, 5.74) is 1.22. The highest BCUT2D eigenvalue weighted by Gasteiger charge is 2.21. The van der Waals surface area contributed by atoms with E-state index < -0.39 is 17.6 Å². The zero-order valence-electron chi connectivity index (χ0n) is 15.3. The monoisotopic (exact) mass is 424 g/mol. The summed E-state index contributed by atoms with van der Waals surface area (Å²) in [6.07, 6.45) is -0.0309. The highest BCUT2D eigenvalue weighted by molar-refractivity contribution is 7.18. The highest BCUT2D eigenvalue weighted by atomic mass is 32.1. The molecule has 148 valence electrons. The van der Waals surface area contributed by atoms with Crippen molar-refractivity contribution >= 4 is 49.8 Å². The van der Waals surface area contributed by atoms with Gasteiger partial charge in [0.25, 0.3) is 0 Å². The largest absolute Gasteiger partial charge is 0.466 e. The van der Waals surface area contributed by atoms with Crippen LogP contribution in [0.3, 0.4) is 0 Å². The number of aryl methyl sites for hydroxylation is 1. The number of halogens is 2. The molecule has 5 nitrogen and oxygen atoms in total. The van der Waals surface area contributed by atoms with Gasteiger partial charge in [0, 0.05) is 18.6 Å². The number of hydrogen-bond acceptors (Lipinski definition) is 6. The molecule has 0 saturated carbocycles. The summed E-state index contributed by atoms with van der Waals surface area (Å²) in [6, 6.07) is 3.84. The number of thiazole rings is 1. The molecule has 0 N–H and O–H groups in total. The average molecular weight is 424 g/mol. The maximum atomic E-state index is 14.0. The smallest absolute Gasteiger partial charge is 0.306 e. The van der Waals surface area contributed by atoms with Gasteiger partial charge in [-0.2, -0.15) is 0 Å². The van der Waals surface area contributed by atoms with Crippen molar-refractivity contribution in [1.29, 1.82) is 0 Å². The summed E-state index contributed by atoms with van der Waals surface area (Å²) in [4.78, 5) is 30.1. The van der Waals surface area contributed by atoms with Gasteiger partial charge in [-0.05, 0) is 30.9 Å². The first-order valence-electron chi connectivity index (χ1n) is 8.63. The summed E-state index contributed by atoms with van der Waals surface area (Å²) in [5.74, 6) is -2.07. The van der Waals surface area contributed by atoms with Crippen LogP contribution in [-0.4, -0.2) is 23.5 Å². The molecule has 0 atom stereocenters. The minimum Gasteiger partial charge on any atom is -0.466 e. The molecule has 2 heterocycles. The molecule has 2 aromatic heterocycles. The maximum Gasteiger partial charge on any atom is 0.306 e. The molecule has 0 aliphatic carbocycles. The first-order chi connectivity index (χ1) is 13.4. The van der Waals surface area contributed by atoms with Crippen LogP contribution in [0.1, 0.15) is 30.3 Å². The van der Waals surface area contributed by atoms with Gasteiger partial charge < -0.3 is 4.74 Å². The number of carbonyl (C=O) groups is 2. The third kappa shape index (κ3) is 4.71. The summed E-state index contributed by atoms with van der Waals surface area (Å²) >= 11 is 2.47.